The molecule has 0 aromatic heterocycles. The summed E-state index contributed by atoms with van der Waals surface area (Å²) < 4.78 is 5.28. The Labute approximate surface area is 147 Å². The van der Waals surface area contributed by atoms with Gasteiger partial charge >= 0.3 is 0 Å². The van der Waals surface area contributed by atoms with Crippen LogP contribution in [-0.4, -0.2) is 19.6 Å². The van der Waals surface area contributed by atoms with Crippen molar-refractivity contribution in [1.82, 2.24) is 5.32 Å². The maximum atomic E-state index is 12.6. The third kappa shape index (κ3) is 4.52. The second kappa shape index (κ2) is 9.10. The molecule has 1 aromatic carbocycles. The first kappa shape index (κ1) is 18.8. The normalized spacial score (nSPS) is 16.3. The fraction of sp³-hybridized carbons (Fsp3) is 0.667. The number of carbonyl (C=O) groups is 1. The second-order valence-corrected chi connectivity index (χ2v) is 7.21. The summed E-state index contributed by atoms with van der Waals surface area (Å²) in [5.41, 5.74) is 1.44. The van der Waals surface area contributed by atoms with Crippen LogP contribution in [0.5, 0.6) is 5.75 Å². The lowest BCUT2D eigenvalue weighted by Gasteiger charge is -2.31. The average molecular weight is 332 g/mol. The molecule has 0 unspecified atom stereocenters. The summed E-state index contributed by atoms with van der Waals surface area (Å²) in [4.78, 5) is 12.6. The Morgan fingerprint density at radius 2 is 1.71 bits per heavy atom. The summed E-state index contributed by atoms with van der Waals surface area (Å²) in [5, 5.41) is 3.29. The zero-order valence-corrected chi connectivity index (χ0v) is 15.6. The number of ether oxygens (including phenoxy) is 1. The van der Waals surface area contributed by atoms with Crippen LogP contribution in [0, 0.1) is 5.92 Å². The van der Waals surface area contributed by atoms with Crippen LogP contribution in [0.4, 0.5) is 0 Å². The number of methoxy groups -OCH3 is 1. The highest BCUT2D eigenvalue weighted by Crippen LogP contribution is 2.41. The summed E-state index contributed by atoms with van der Waals surface area (Å²) in [6.07, 6.45) is 8.94. The molecule has 0 bridgehead atoms. The Balaban J connectivity index is 2.06. The zero-order valence-electron chi connectivity index (χ0n) is 15.6. The van der Waals surface area contributed by atoms with Gasteiger partial charge in [0.05, 0.1) is 7.11 Å². The highest BCUT2D eigenvalue weighted by molar-refractivity contribution is 5.78. The van der Waals surface area contributed by atoms with E-state index in [1.165, 1.54) is 18.4 Å². The van der Waals surface area contributed by atoms with Crippen molar-refractivity contribution in [2.75, 3.05) is 13.7 Å². The van der Waals surface area contributed by atoms with E-state index in [0.717, 1.165) is 50.8 Å². The van der Waals surface area contributed by atoms with Crippen molar-refractivity contribution in [2.24, 2.45) is 5.92 Å². The van der Waals surface area contributed by atoms with Gasteiger partial charge in [-0.25, -0.2) is 0 Å². The first-order valence-corrected chi connectivity index (χ1v) is 9.57. The second-order valence-electron chi connectivity index (χ2n) is 7.21. The van der Waals surface area contributed by atoms with Crippen molar-refractivity contribution in [2.45, 2.75) is 70.6 Å². The van der Waals surface area contributed by atoms with Crippen molar-refractivity contribution in [3.63, 3.8) is 0 Å². The van der Waals surface area contributed by atoms with E-state index in [1.54, 1.807) is 7.11 Å². The molecule has 1 aromatic rings. The summed E-state index contributed by atoms with van der Waals surface area (Å²) >= 11 is 0. The van der Waals surface area contributed by atoms with Gasteiger partial charge in [-0.2, -0.15) is 0 Å². The molecule has 134 valence electrons. The van der Waals surface area contributed by atoms with Crippen LogP contribution < -0.4 is 10.1 Å². The van der Waals surface area contributed by atoms with Crippen LogP contribution in [0.3, 0.4) is 0 Å². The zero-order chi connectivity index (χ0) is 17.4. The van der Waals surface area contributed by atoms with E-state index < -0.39 is 0 Å². The molecule has 0 heterocycles. The molecule has 0 saturated heterocycles. The molecule has 0 aliphatic heterocycles. The molecule has 1 saturated carbocycles. The quantitative estimate of drug-likeness (QED) is 0.703. The number of rotatable bonds is 9. The molecule has 1 aliphatic rings. The predicted octanol–water partition coefficient (Wildman–Crippen LogP) is 4.84. The van der Waals surface area contributed by atoms with Crippen LogP contribution in [0.2, 0.25) is 0 Å². The Bertz CT molecular complexity index is 497. The fourth-order valence-electron chi connectivity index (χ4n) is 4.07. The third-order valence-corrected chi connectivity index (χ3v) is 5.51. The van der Waals surface area contributed by atoms with Crippen molar-refractivity contribution >= 4 is 5.91 Å². The lowest BCUT2D eigenvalue weighted by atomic mass is 9.78. The number of nitrogens with one attached hydrogen (secondary N) is 1. The van der Waals surface area contributed by atoms with E-state index in [1.807, 2.05) is 12.1 Å². The summed E-state index contributed by atoms with van der Waals surface area (Å²) in [6, 6.07) is 8.42. The molecule has 1 aliphatic carbocycles. The number of hydrogen-bond acceptors (Lipinski definition) is 2. The average Bonchev–Trinajstić information content (AvgIpc) is 3.10. The number of carbonyl (C=O) groups excluding carboxylic acids is 1. The smallest absolute Gasteiger partial charge is 0.223 e. The number of benzene rings is 1. The molecule has 1 amide bonds. The third-order valence-electron chi connectivity index (χ3n) is 5.51. The Morgan fingerprint density at radius 3 is 2.21 bits per heavy atom. The van der Waals surface area contributed by atoms with Gasteiger partial charge in [-0.05, 0) is 43.4 Å². The lowest BCUT2D eigenvalue weighted by Crippen LogP contribution is -2.41. The van der Waals surface area contributed by atoms with Gasteiger partial charge in [-0.1, -0.05) is 51.7 Å². The van der Waals surface area contributed by atoms with Gasteiger partial charge in [-0.15, -0.1) is 0 Å². The first-order chi connectivity index (χ1) is 11.6. The first-order valence-electron chi connectivity index (χ1n) is 9.57. The maximum absolute atomic E-state index is 12.6. The highest BCUT2D eigenvalue weighted by atomic mass is 16.5. The van der Waals surface area contributed by atoms with E-state index >= 15 is 0 Å². The van der Waals surface area contributed by atoms with Gasteiger partial charge in [0.1, 0.15) is 5.75 Å². The Kier molecular flexibility index (Phi) is 7.14. The molecule has 1 N–H and O–H groups in total. The van der Waals surface area contributed by atoms with Gasteiger partial charge in [0, 0.05) is 17.9 Å². The molecule has 1 fully saturated rings. The van der Waals surface area contributed by atoms with Crippen LogP contribution in [0.15, 0.2) is 24.3 Å². The molecule has 0 radical (unpaired) electrons. The van der Waals surface area contributed by atoms with Crippen LogP contribution in [0.25, 0.3) is 0 Å². The van der Waals surface area contributed by atoms with Gasteiger partial charge in [-0.3, -0.25) is 4.79 Å². The lowest BCUT2D eigenvalue weighted by molar-refractivity contribution is -0.125. The van der Waals surface area contributed by atoms with E-state index in [2.05, 4.69) is 31.3 Å². The van der Waals surface area contributed by atoms with Crippen molar-refractivity contribution in [3.8, 4) is 5.75 Å². The van der Waals surface area contributed by atoms with Gasteiger partial charge in [0.25, 0.3) is 0 Å². The van der Waals surface area contributed by atoms with Crippen LogP contribution in [-0.2, 0) is 10.2 Å². The van der Waals surface area contributed by atoms with Gasteiger partial charge in [0.15, 0.2) is 0 Å². The van der Waals surface area contributed by atoms with Crippen LogP contribution >= 0.6 is 0 Å². The topological polar surface area (TPSA) is 38.3 Å². The minimum Gasteiger partial charge on any atom is -0.497 e. The van der Waals surface area contributed by atoms with E-state index in [4.69, 9.17) is 4.74 Å². The molecular weight excluding hydrogens is 298 g/mol. The van der Waals surface area contributed by atoms with E-state index in [0.29, 0.717) is 0 Å². The highest BCUT2D eigenvalue weighted by Gasteiger charge is 2.36. The van der Waals surface area contributed by atoms with Crippen molar-refractivity contribution < 1.29 is 9.53 Å². The fourth-order valence-corrected chi connectivity index (χ4v) is 4.07. The number of amides is 1. The predicted molar refractivity (Wildman–Crippen MR) is 99.5 cm³/mol. The number of hydrogen-bond donors (Lipinski definition) is 1. The van der Waals surface area contributed by atoms with E-state index in [9.17, 15) is 4.79 Å². The van der Waals surface area contributed by atoms with Crippen molar-refractivity contribution in [1.29, 1.82) is 0 Å². The monoisotopic (exact) mass is 331 g/mol. The molecule has 0 atom stereocenters. The van der Waals surface area contributed by atoms with E-state index in [-0.39, 0.29) is 17.2 Å². The summed E-state index contributed by atoms with van der Waals surface area (Å²) in [6.45, 7) is 5.08. The van der Waals surface area contributed by atoms with Gasteiger partial charge in [0.2, 0.25) is 5.91 Å². The maximum Gasteiger partial charge on any atom is 0.223 e. The SMILES string of the molecule is CCCC(CCC)C(=O)NCC1(c2ccc(OC)cc2)CCCC1. The molecule has 0 spiro atoms. The Morgan fingerprint density at radius 1 is 1.12 bits per heavy atom. The standard InChI is InChI=1S/C21H33NO2/c1-4-8-17(9-5-2)20(23)22-16-21(14-6-7-15-21)18-10-12-19(24-3)13-11-18/h10-13,17H,4-9,14-16H2,1-3H3,(H,22,23). The minimum absolute atomic E-state index is 0.102. The summed E-state index contributed by atoms with van der Waals surface area (Å²) in [7, 11) is 1.70. The molecule has 2 rings (SSSR count). The van der Waals surface area contributed by atoms with Gasteiger partial charge < -0.3 is 10.1 Å². The molecule has 3 heteroatoms. The molecular formula is C21H33NO2. The Hall–Kier alpha value is -1.51. The molecule has 3 nitrogen and oxygen atoms in total. The van der Waals surface area contributed by atoms with Crippen LogP contribution in [0.1, 0.15) is 70.8 Å². The largest absolute Gasteiger partial charge is 0.497 e. The van der Waals surface area contributed by atoms with Crippen molar-refractivity contribution in [3.05, 3.63) is 29.8 Å². The molecule has 24 heavy (non-hydrogen) atoms. The minimum atomic E-state index is 0.102. The summed E-state index contributed by atoms with van der Waals surface area (Å²) in [5.74, 6) is 1.31.